The molecule has 0 bridgehead atoms. The van der Waals surface area contributed by atoms with Crippen LogP contribution >= 0.6 is 12.2 Å². The first-order valence-corrected chi connectivity index (χ1v) is 6.36. The third kappa shape index (κ3) is 3.26. The molecule has 5 heteroatoms. The summed E-state index contributed by atoms with van der Waals surface area (Å²) in [5.41, 5.74) is 10.2. The monoisotopic (exact) mass is 272 g/mol. The van der Waals surface area contributed by atoms with Crippen LogP contribution in [0, 0.1) is 20.8 Å². The number of hydrogen-bond acceptors (Lipinski definition) is 4. The summed E-state index contributed by atoms with van der Waals surface area (Å²) in [5, 5.41) is 3.25. The standard InChI is InChI=1S/C14H16N4S/c1-8-4-5-12(10(3)16-8)18-13-7-11(14(15)19)6-9(2)17-13/h4-7H,1-3H3,(H2,15,19)(H,17,18). The quantitative estimate of drug-likeness (QED) is 0.841. The van der Waals surface area contributed by atoms with E-state index in [1.807, 2.05) is 45.0 Å². The Kier molecular flexibility index (Phi) is 3.76. The third-order valence-corrected chi connectivity index (χ3v) is 2.96. The Labute approximate surface area is 118 Å². The highest BCUT2D eigenvalue weighted by Gasteiger charge is 2.05. The highest BCUT2D eigenvalue weighted by Crippen LogP contribution is 2.19. The average molecular weight is 272 g/mol. The second kappa shape index (κ2) is 5.32. The van der Waals surface area contributed by atoms with E-state index >= 15 is 0 Å². The molecule has 19 heavy (non-hydrogen) atoms. The third-order valence-electron chi connectivity index (χ3n) is 2.73. The summed E-state index contributed by atoms with van der Waals surface area (Å²) >= 11 is 5.00. The van der Waals surface area contributed by atoms with Crippen LogP contribution in [0.5, 0.6) is 0 Å². The fourth-order valence-corrected chi connectivity index (χ4v) is 1.95. The molecule has 0 aromatic carbocycles. The van der Waals surface area contributed by atoms with Crippen LogP contribution in [0.4, 0.5) is 11.5 Å². The van der Waals surface area contributed by atoms with E-state index < -0.39 is 0 Å². The first kappa shape index (κ1) is 13.4. The van der Waals surface area contributed by atoms with Gasteiger partial charge in [-0.2, -0.15) is 0 Å². The van der Waals surface area contributed by atoms with Gasteiger partial charge in [0.2, 0.25) is 0 Å². The fourth-order valence-electron chi connectivity index (χ4n) is 1.83. The molecule has 2 aromatic heterocycles. The number of anilines is 2. The molecule has 98 valence electrons. The van der Waals surface area contributed by atoms with E-state index in [2.05, 4.69) is 15.3 Å². The van der Waals surface area contributed by atoms with Gasteiger partial charge >= 0.3 is 0 Å². The summed E-state index contributed by atoms with van der Waals surface area (Å²) in [7, 11) is 0. The molecule has 0 radical (unpaired) electrons. The van der Waals surface area contributed by atoms with Gasteiger partial charge in [-0.25, -0.2) is 4.98 Å². The zero-order valence-corrected chi connectivity index (χ0v) is 12.0. The summed E-state index contributed by atoms with van der Waals surface area (Å²) in [6.07, 6.45) is 0. The van der Waals surface area contributed by atoms with Gasteiger partial charge in [0.15, 0.2) is 0 Å². The zero-order valence-electron chi connectivity index (χ0n) is 11.2. The van der Waals surface area contributed by atoms with Crippen molar-refractivity contribution in [1.82, 2.24) is 9.97 Å². The second-order valence-corrected chi connectivity index (χ2v) is 4.90. The number of thiocarbonyl (C=S) groups is 1. The van der Waals surface area contributed by atoms with Crippen LogP contribution < -0.4 is 11.1 Å². The maximum Gasteiger partial charge on any atom is 0.131 e. The first-order chi connectivity index (χ1) is 8.95. The molecule has 0 fully saturated rings. The lowest BCUT2D eigenvalue weighted by atomic mass is 10.2. The van der Waals surface area contributed by atoms with Crippen molar-refractivity contribution in [2.75, 3.05) is 5.32 Å². The maximum absolute atomic E-state index is 5.66. The van der Waals surface area contributed by atoms with Crippen molar-refractivity contribution in [2.45, 2.75) is 20.8 Å². The smallest absolute Gasteiger partial charge is 0.131 e. The van der Waals surface area contributed by atoms with E-state index in [9.17, 15) is 0 Å². The molecule has 0 saturated heterocycles. The molecule has 0 amide bonds. The molecule has 2 aromatic rings. The minimum absolute atomic E-state index is 0.368. The topological polar surface area (TPSA) is 63.8 Å². The number of nitrogens with two attached hydrogens (primary N) is 1. The van der Waals surface area contributed by atoms with Gasteiger partial charge in [0.05, 0.1) is 11.4 Å². The number of nitrogens with zero attached hydrogens (tertiary/aromatic N) is 2. The van der Waals surface area contributed by atoms with Crippen molar-refractivity contribution in [3.63, 3.8) is 0 Å². The molecule has 0 aliphatic rings. The van der Waals surface area contributed by atoms with Gasteiger partial charge in [-0.1, -0.05) is 12.2 Å². The number of aryl methyl sites for hydroxylation is 3. The van der Waals surface area contributed by atoms with Gasteiger partial charge in [0.1, 0.15) is 10.8 Å². The molecule has 0 aliphatic heterocycles. The van der Waals surface area contributed by atoms with Gasteiger partial charge in [-0.15, -0.1) is 0 Å². The molecule has 3 N–H and O–H groups in total. The summed E-state index contributed by atoms with van der Waals surface area (Å²) in [4.78, 5) is 9.20. The predicted molar refractivity (Wildman–Crippen MR) is 81.9 cm³/mol. The Morgan fingerprint density at radius 1 is 1.11 bits per heavy atom. The van der Waals surface area contributed by atoms with Gasteiger partial charge in [0, 0.05) is 17.0 Å². The Hall–Kier alpha value is -2.01. The molecular formula is C14H16N4S. The SMILES string of the molecule is Cc1cc(C(N)=S)cc(Nc2ccc(C)nc2C)n1. The van der Waals surface area contributed by atoms with Crippen molar-refractivity contribution in [1.29, 1.82) is 0 Å². The summed E-state index contributed by atoms with van der Waals surface area (Å²) < 4.78 is 0. The van der Waals surface area contributed by atoms with Crippen molar-refractivity contribution in [3.8, 4) is 0 Å². The lowest BCUT2D eigenvalue weighted by Crippen LogP contribution is -2.11. The molecule has 0 unspecified atom stereocenters. The Balaban J connectivity index is 2.35. The van der Waals surface area contributed by atoms with Crippen LogP contribution in [0.25, 0.3) is 0 Å². The summed E-state index contributed by atoms with van der Waals surface area (Å²) in [5.74, 6) is 0.719. The summed E-state index contributed by atoms with van der Waals surface area (Å²) in [6, 6.07) is 7.66. The van der Waals surface area contributed by atoms with Crippen LogP contribution in [0.2, 0.25) is 0 Å². The van der Waals surface area contributed by atoms with Crippen LogP contribution in [-0.2, 0) is 0 Å². The minimum atomic E-state index is 0.368. The molecule has 0 saturated carbocycles. The molecule has 0 atom stereocenters. The van der Waals surface area contributed by atoms with Crippen molar-refractivity contribution >= 4 is 28.7 Å². The first-order valence-electron chi connectivity index (χ1n) is 5.95. The lowest BCUT2D eigenvalue weighted by Gasteiger charge is -2.11. The van der Waals surface area contributed by atoms with E-state index in [0.717, 1.165) is 34.2 Å². The Bertz CT molecular complexity index is 637. The second-order valence-electron chi connectivity index (χ2n) is 4.46. The number of aromatic nitrogens is 2. The van der Waals surface area contributed by atoms with E-state index in [0.29, 0.717) is 4.99 Å². The molecule has 2 heterocycles. The number of hydrogen-bond donors (Lipinski definition) is 2. The molecular weight excluding hydrogens is 256 g/mol. The molecule has 0 spiro atoms. The van der Waals surface area contributed by atoms with Gasteiger partial charge in [-0.05, 0) is 45.0 Å². The average Bonchev–Trinajstić information content (AvgIpc) is 2.32. The van der Waals surface area contributed by atoms with E-state index in [1.54, 1.807) is 0 Å². The minimum Gasteiger partial charge on any atom is -0.389 e. The van der Waals surface area contributed by atoms with E-state index in [-0.39, 0.29) is 0 Å². The fraction of sp³-hybridized carbons (Fsp3) is 0.214. The van der Waals surface area contributed by atoms with Crippen molar-refractivity contribution < 1.29 is 0 Å². The van der Waals surface area contributed by atoms with Gasteiger partial charge in [-0.3, -0.25) is 4.98 Å². The van der Waals surface area contributed by atoms with Crippen LogP contribution in [0.1, 0.15) is 22.6 Å². The van der Waals surface area contributed by atoms with Crippen molar-refractivity contribution in [2.24, 2.45) is 5.73 Å². The predicted octanol–water partition coefficient (Wildman–Crippen LogP) is 2.78. The highest BCUT2D eigenvalue weighted by molar-refractivity contribution is 7.80. The normalized spacial score (nSPS) is 10.3. The van der Waals surface area contributed by atoms with E-state index in [1.165, 1.54) is 0 Å². The van der Waals surface area contributed by atoms with Gasteiger partial charge in [0.25, 0.3) is 0 Å². The summed E-state index contributed by atoms with van der Waals surface area (Å²) in [6.45, 7) is 5.83. The number of rotatable bonds is 3. The Morgan fingerprint density at radius 3 is 2.47 bits per heavy atom. The Morgan fingerprint density at radius 2 is 1.84 bits per heavy atom. The van der Waals surface area contributed by atoms with E-state index in [4.69, 9.17) is 18.0 Å². The van der Waals surface area contributed by atoms with Crippen LogP contribution in [0.3, 0.4) is 0 Å². The maximum atomic E-state index is 5.66. The molecule has 4 nitrogen and oxygen atoms in total. The highest BCUT2D eigenvalue weighted by atomic mass is 32.1. The number of nitrogens with one attached hydrogen (secondary N) is 1. The van der Waals surface area contributed by atoms with Crippen LogP contribution in [-0.4, -0.2) is 15.0 Å². The largest absolute Gasteiger partial charge is 0.389 e. The van der Waals surface area contributed by atoms with Crippen LogP contribution in [0.15, 0.2) is 24.3 Å². The zero-order chi connectivity index (χ0) is 14.0. The molecule has 2 rings (SSSR count). The van der Waals surface area contributed by atoms with Gasteiger partial charge < -0.3 is 11.1 Å². The lowest BCUT2D eigenvalue weighted by molar-refractivity contribution is 1.11. The number of pyridine rings is 2. The van der Waals surface area contributed by atoms with Crippen molar-refractivity contribution in [3.05, 3.63) is 46.9 Å². The molecule has 0 aliphatic carbocycles.